The molecule has 3 rings (SSSR count). The van der Waals surface area contributed by atoms with Gasteiger partial charge in [0.25, 0.3) is 0 Å². The summed E-state index contributed by atoms with van der Waals surface area (Å²) < 4.78 is 16.7. The molecule has 3 aromatic rings. The minimum Gasteiger partial charge on any atom is -0.497 e. The molecule has 0 spiro atoms. The van der Waals surface area contributed by atoms with Crippen molar-refractivity contribution in [3.8, 4) is 17.2 Å². The lowest BCUT2D eigenvalue weighted by Crippen LogP contribution is -2.34. The number of ether oxygens (including phenoxy) is 3. The predicted molar refractivity (Wildman–Crippen MR) is 134 cm³/mol. The van der Waals surface area contributed by atoms with Gasteiger partial charge in [0.2, 0.25) is 0 Å². The smallest absolute Gasteiger partial charge is 0.174 e. The van der Waals surface area contributed by atoms with Gasteiger partial charge in [-0.15, -0.1) is 0 Å². The van der Waals surface area contributed by atoms with Gasteiger partial charge in [0.15, 0.2) is 5.11 Å². The highest BCUT2D eigenvalue weighted by molar-refractivity contribution is 7.80. The van der Waals surface area contributed by atoms with Crippen molar-refractivity contribution in [3.05, 3.63) is 83.9 Å². The largest absolute Gasteiger partial charge is 0.497 e. The quantitative estimate of drug-likeness (QED) is 0.389. The van der Waals surface area contributed by atoms with Gasteiger partial charge in [-0.25, -0.2) is 0 Å². The van der Waals surface area contributed by atoms with Gasteiger partial charge in [-0.1, -0.05) is 30.3 Å². The highest BCUT2D eigenvalue weighted by Crippen LogP contribution is 2.23. The Morgan fingerprint density at radius 2 is 1.47 bits per heavy atom. The Morgan fingerprint density at radius 1 is 0.812 bits per heavy atom. The summed E-state index contributed by atoms with van der Waals surface area (Å²) in [6.07, 6.45) is 0. The second-order valence-corrected chi connectivity index (χ2v) is 7.52. The van der Waals surface area contributed by atoms with Gasteiger partial charge in [-0.3, -0.25) is 0 Å². The molecule has 1 N–H and O–H groups in total. The molecule has 0 aliphatic rings. The number of para-hydroxylation sites is 1. The van der Waals surface area contributed by atoms with Crippen molar-refractivity contribution < 1.29 is 14.2 Å². The van der Waals surface area contributed by atoms with E-state index in [1.54, 1.807) is 7.11 Å². The normalized spacial score (nSPS) is 10.3. The van der Waals surface area contributed by atoms with Crippen molar-refractivity contribution in [1.82, 2.24) is 4.90 Å². The number of methoxy groups -OCH3 is 1. The molecule has 0 heterocycles. The van der Waals surface area contributed by atoms with Crippen LogP contribution in [0.3, 0.4) is 0 Å². The molecule has 0 unspecified atom stereocenters. The summed E-state index contributed by atoms with van der Waals surface area (Å²) in [6, 6.07) is 23.9. The zero-order chi connectivity index (χ0) is 22.8. The predicted octanol–water partition coefficient (Wildman–Crippen LogP) is 5.89. The molecule has 5 nitrogen and oxygen atoms in total. The van der Waals surface area contributed by atoms with E-state index in [0.717, 1.165) is 34.1 Å². The molecule has 0 aromatic heterocycles. The molecular weight excluding hydrogens is 420 g/mol. The van der Waals surface area contributed by atoms with E-state index in [2.05, 4.69) is 28.4 Å². The first-order valence-electron chi connectivity index (χ1n) is 10.7. The molecular formula is C26H30N2O3S. The maximum Gasteiger partial charge on any atom is 0.174 e. The van der Waals surface area contributed by atoms with E-state index in [4.69, 9.17) is 26.4 Å². The fourth-order valence-electron chi connectivity index (χ4n) is 3.29. The van der Waals surface area contributed by atoms with E-state index in [1.807, 2.05) is 68.4 Å². The topological polar surface area (TPSA) is 43.0 Å². The van der Waals surface area contributed by atoms with Crippen LogP contribution >= 0.6 is 12.2 Å². The minimum atomic E-state index is 0.615. The summed E-state index contributed by atoms with van der Waals surface area (Å²) in [6.45, 7) is 6.48. The zero-order valence-corrected chi connectivity index (χ0v) is 19.7. The van der Waals surface area contributed by atoms with Crippen LogP contribution < -0.4 is 19.5 Å². The van der Waals surface area contributed by atoms with Crippen LogP contribution in [0.5, 0.6) is 17.2 Å². The Kier molecular flexibility index (Phi) is 8.75. The lowest BCUT2D eigenvalue weighted by Gasteiger charge is -2.27. The van der Waals surface area contributed by atoms with Crippen molar-refractivity contribution in [3.63, 3.8) is 0 Å². The Morgan fingerprint density at radius 3 is 2.12 bits per heavy atom. The molecule has 0 saturated carbocycles. The Balaban J connectivity index is 1.80. The Bertz CT molecular complexity index is 991. The van der Waals surface area contributed by atoms with Crippen molar-refractivity contribution >= 4 is 23.0 Å². The molecule has 3 aromatic carbocycles. The van der Waals surface area contributed by atoms with Gasteiger partial charge < -0.3 is 24.4 Å². The average Bonchev–Trinajstić information content (AvgIpc) is 2.82. The summed E-state index contributed by atoms with van der Waals surface area (Å²) >= 11 is 5.81. The Hall–Kier alpha value is -3.25. The lowest BCUT2D eigenvalue weighted by molar-refractivity contribution is 0.327. The summed E-state index contributed by atoms with van der Waals surface area (Å²) in [5.41, 5.74) is 3.13. The van der Waals surface area contributed by atoms with Gasteiger partial charge in [-0.2, -0.15) is 0 Å². The van der Waals surface area contributed by atoms with E-state index in [0.29, 0.717) is 31.4 Å². The highest BCUT2D eigenvalue weighted by Gasteiger charge is 2.15. The molecule has 0 atom stereocenters. The number of anilines is 1. The van der Waals surface area contributed by atoms with Crippen LogP contribution in [0.1, 0.15) is 25.0 Å². The maximum atomic E-state index is 5.83. The van der Waals surface area contributed by atoms with Gasteiger partial charge >= 0.3 is 0 Å². The van der Waals surface area contributed by atoms with Crippen molar-refractivity contribution in [1.29, 1.82) is 0 Å². The molecule has 0 amide bonds. The number of hydrogen-bond acceptors (Lipinski definition) is 4. The number of nitrogens with zero attached hydrogens (tertiary/aromatic N) is 1. The number of thiocarbonyl (C=S) groups is 1. The van der Waals surface area contributed by atoms with Gasteiger partial charge in [0.05, 0.1) is 20.3 Å². The first-order valence-corrected chi connectivity index (χ1v) is 11.2. The molecule has 168 valence electrons. The second-order valence-electron chi connectivity index (χ2n) is 7.13. The number of rotatable bonds is 10. The number of hydrogen-bond donors (Lipinski definition) is 1. The monoisotopic (exact) mass is 450 g/mol. The summed E-state index contributed by atoms with van der Waals surface area (Å²) in [5, 5.41) is 4.00. The van der Waals surface area contributed by atoms with Crippen LogP contribution in [0, 0.1) is 0 Å². The lowest BCUT2D eigenvalue weighted by atomic mass is 10.1. The van der Waals surface area contributed by atoms with E-state index in [9.17, 15) is 0 Å². The van der Waals surface area contributed by atoms with Crippen molar-refractivity contribution in [2.45, 2.75) is 26.9 Å². The standard InChI is InChI=1S/C26H30N2O3S/c1-4-30-24-16-12-22(13-17-24)27-26(32)28(18-20-10-14-23(29-3)15-11-20)19-21-8-6-7-9-25(21)31-5-2/h6-17H,4-5,18-19H2,1-3H3,(H,27,32). The summed E-state index contributed by atoms with van der Waals surface area (Å²) in [5.74, 6) is 2.54. The third-order valence-corrected chi connectivity index (χ3v) is 5.23. The first-order chi connectivity index (χ1) is 15.6. The molecule has 0 bridgehead atoms. The van der Waals surface area contributed by atoms with Crippen molar-refractivity contribution in [2.75, 3.05) is 25.6 Å². The third kappa shape index (κ3) is 6.62. The van der Waals surface area contributed by atoms with Crippen LogP contribution in [0.4, 0.5) is 5.69 Å². The van der Waals surface area contributed by atoms with Crippen LogP contribution in [0.25, 0.3) is 0 Å². The third-order valence-electron chi connectivity index (χ3n) is 4.87. The number of nitrogens with one attached hydrogen (secondary N) is 1. The minimum absolute atomic E-state index is 0.615. The van der Waals surface area contributed by atoms with E-state index in [1.165, 1.54) is 0 Å². The molecule has 0 aliphatic carbocycles. The fourth-order valence-corrected chi connectivity index (χ4v) is 3.54. The van der Waals surface area contributed by atoms with E-state index < -0.39 is 0 Å². The van der Waals surface area contributed by atoms with E-state index >= 15 is 0 Å². The molecule has 0 radical (unpaired) electrons. The SMILES string of the molecule is CCOc1ccc(NC(=S)N(Cc2ccc(OC)cc2)Cc2ccccc2OCC)cc1. The second kappa shape index (κ2) is 12.0. The van der Waals surface area contributed by atoms with E-state index in [-0.39, 0.29) is 0 Å². The van der Waals surface area contributed by atoms with Crippen molar-refractivity contribution in [2.24, 2.45) is 0 Å². The first kappa shape index (κ1) is 23.4. The van der Waals surface area contributed by atoms with Gasteiger partial charge in [-0.05, 0) is 74.1 Å². The van der Waals surface area contributed by atoms with Crippen LogP contribution in [0.2, 0.25) is 0 Å². The molecule has 6 heteroatoms. The highest BCUT2D eigenvalue weighted by atomic mass is 32.1. The molecule has 32 heavy (non-hydrogen) atoms. The maximum absolute atomic E-state index is 5.83. The van der Waals surface area contributed by atoms with Crippen LogP contribution in [-0.4, -0.2) is 30.3 Å². The van der Waals surface area contributed by atoms with Crippen LogP contribution in [0.15, 0.2) is 72.8 Å². The molecule has 0 saturated heterocycles. The molecule has 0 fully saturated rings. The molecule has 0 aliphatic heterocycles. The van der Waals surface area contributed by atoms with Gasteiger partial charge in [0.1, 0.15) is 17.2 Å². The summed E-state index contributed by atoms with van der Waals surface area (Å²) in [4.78, 5) is 2.13. The van der Waals surface area contributed by atoms with Crippen LogP contribution in [-0.2, 0) is 13.1 Å². The number of benzene rings is 3. The zero-order valence-electron chi connectivity index (χ0n) is 18.8. The Labute approximate surface area is 195 Å². The summed E-state index contributed by atoms with van der Waals surface area (Å²) in [7, 11) is 1.67. The van der Waals surface area contributed by atoms with Gasteiger partial charge in [0, 0.05) is 24.3 Å². The fraction of sp³-hybridized carbons (Fsp3) is 0.269. The average molecular weight is 451 g/mol.